The first kappa shape index (κ1) is 7.86. The summed E-state index contributed by atoms with van der Waals surface area (Å²) >= 11 is 0. The van der Waals surface area contributed by atoms with Crippen molar-refractivity contribution in [2.75, 3.05) is 13.1 Å². The zero-order valence-corrected chi connectivity index (χ0v) is 6.92. The minimum atomic E-state index is -0.876. The maximum atomic E-state index is 10.5. The molecule has 2 aliphatic rings. The summed E-state index contributed by atoms with van der Waals surface area (Å²) in [5, 5.41) is 14.5. The van der Waals surface area contributed by atoms with E-state index < -0.39 is 6.09 Å². The lowest BCUT2D eigenvalue weighted by Crippen LogP contribution is -2.50. The van der Waals surface area contributed by atoms with Gasteiger partial charge >= 0.3 is 6.09 Å². The van der Waals surface area contributed by atoms with E-state index in [9.17, 15) is 4.79 Å². The van der Waals surface area contributed by atoms with E-state index in [2.05, 4.69) is 10.6 Å². The van der Waals surface area contributed by atoms with Crippen LogP contribution in [0.5, 0.6) is 0 Å². The van der Waals surface area contributed by atoms with Crippen LogP contribution in [0.25, 0.3) is 0 Å². The van der Waals surface area contributed by atoms with Gasteiger partial charge in [-0.05, 0) is 37.8 Å². The maximum Gasteiger partial charge on any atom is 0.404 e. The van der Waals surface area contributed by atoms with Crippen LogP contribution >= 0.6 is 0 Å². The van der Waals surface area contributed by atoms with Crippen molar-refractivity contribution < 1.29 is 9.90 Å². The molecule has 0 radical (unpaired) electrons. The van der Waals surface area contributed by atoms with Crippen molar-refractivity contribution in [3.63, 3.8) is 0 Å². The molecule has 1 aliphatic carbocycles. The Bertz CT molecular complexity index is 179. The van der Waals surface area contributed by atoms with Crippen LogP contribution in [-0.2, 0) is 0 Å². The Morgan fingerprint density at radius 2 is 1.92 bits per heavy atom. The summed E-state index contributed by atoms with van der Waals surface area (Å²) in [5.41, 5.74) is 0. The second-order valence-electron chi connectivity index (χ2n) is 3.73. The van der Waals surface area contributed by atoms with Gasteiger partial charge in [-0.1, -0.05) is 0 Å². The summed E-state index contributed by atoms with van der Waals surface area (Å²) in [6, 6.07) is 0.212. The van der Waals surface area contributed by atoms with Crippen LogP contribution in [-0.4, -0.2) is 30.3 Å². The van der Waals surface area contributed by atoms with Crippen molar-refractivity contribution in [3.05, 3.63) is 0 Å². The Hall–Kier alpha value is -0.770. The average Bonchev–Trinajstić information content (AvgIpc) is 2.30. The van der Waals surface area contributed by atoms with E-state index >= 15 is 0 Å². The first-order valence-electron chi connectivity index (χ1n) is 4.47. The number of hydrogen-bond acceptors (Lipinski definition) is 2. The van der Waals surface area contributed by atoms with E-state index in [4.69, 9.17) is 5.11 Å². The third kappa shape index (κ3) is 1.27. The van der Waals surface area contributed by atoms with Crippen molar-refractivity contribution in [2.45, 2.75) is 18.9 Å². The van der Waals surface area contributed by atoms with Crippen LogP contribution in [0, 0.1) is 11.8 Å². The number of carbonyl (C=O) groups is 1. The summed E-state index contributed by atoms with van der Waals surface area (Å²) in [6.07, 6.45) is 1.46. The lowest BCUT2D eigenvalue weighted by molar-refractivity contribution is 0.176. The summed E-state index contributed by atoms with van der Waals surface area (Å²) in [6.45, 7) is 1.95. The van der Waals surface area contributed by atoms with Crippen LogP contribution in [0.2, 0.25) is 0 Å². The highest BCUT2D eigenvalue weighted by Gasteiger charge is 2.39. The number of nitrogens with one attached hydrogen (secondary N) is 2. The number of rotatable bonds is 1. The molecule has 1 saturated heterocycles. The summed E-state index contributed by atoms with van der Waals surface area (Å²) in [4.78, 5) is 10.5. The van der Waals surface area contributed by atoms with E-state index in [1.54, 1.807) is 0 Å². The van der Waals surface area contributed by atoms with Gasteiger partial charge in [0.05, 0.1) is 0 Å². The SMILES string of the molecule is O=C(O)NC1C2CC[C@H]1CNC2. The zero-order valence-electron chi connectivity index (χ0n) is 6.92. The third-order valence-corrected chi connectivity index (χ3v) is 3.03. The van der Waals surface area contributed by atoms with Gasteiger partial charge in [0.15, 0.2) is 0 Å². The molecule has 3 N–H and O–H groups in total. The second-order valence-corrected chi connectivity index (χ2v) is 3.73. The minimum Gasteiger partial charge on any atom is -0.465 e. The Kier molecular flexibility index (Phi) is 1.92. The molecule has 12 heavy (non-hydrogen) atoms. The topological polar surface area (TPSA) is 61.4 Å². The second kappa shape index (κ2) is 2.94. The molecule has 3 atom stereocenters. The molecule has 0 spiro atoms. The van der Waals surface area contributed by atoms with Crippen molar-refractivity contribution in [2.24, 2.45) is 11.8 Å². The fourth-order valence-corrected chi connectivity index (χ4v) is 2.46. The van der Waals surface area contributed by atoms with Gasteiger partial charge in [0, 0.05) is 6.04 Å². The number of piperidine rings is 1. The molecular formula is C8H14N2O2. The molecule has 0 aromatic rings. The lowest BCUT2D eigenvalue weighted by Gasteiger charge is -2.30. The number of fused-ring (bicyclic) bond motifs is 2. The Morgan fingerprint density at radius 3 is 2.42 bits per heavy atom. The molecule has 2 rings (SSSR count). The van der Waals surface area contributed by atoms with Crippen molar-refractivity contribution >= 4 is 6.09 Å². The van der Waals surface area contributed by atoms with Gasteiger partial charge < -0.3 is 15.7 Å². The van der Waals surface area contributed by atoms with Gasteiger partial charge in [0.1, 0.15) is 0 Å². The molecule has 2 fully saturated rings. The highest BCUT2D eigenvalue weighted by Crippen LogP contribution is 2.33. The molecule has 1 amide bonds. The third-order valence-electron chi connectivity index (χ3n) is 3.03. The van der Waals surface area contributed by atoms with Crippen LogP contribution in [0.4, 0.5) is 4.79 Å². The Labute approximate surface area is 71.3 Å². The van der Waals surface area contributed by atoms with Gasteiger partial charge in [-0.25, -0.2) is 4.79 Å². The Balaban J connectivity index is 2.00. The summed E-state index contributed by atoms with van der Waals surface area (Å²) in [5.74, 6) is 1.06. The molecule has 1 aliphatic heterocycles. The predicted molar refractivity (Wildman–Crippen MR) is 44.0 cm³/mol. The van der Waals surface area contributed by atoms with Gasteiger partial charge in [-0.3, -0.25) is 0 Å². The molecule has 0 aromatic heterocycles. The van der Waals surface area contributed by atoms with Gasteiger partial charge in [0.25, 0.3) is 0 Å². The first-order chi connectivity index (χ1) is 5.77. The summed E-state index contributed by atoms with van der Waals surface area (Å²) in [7, 11) is 0. The molecular weight excluding hydrogens is 156 g/mol. The molecule has 0 aromatic carbocycles. The standard InChI is InChI=1S/C8H14N2O2/c11-8(12)10-7-5-1-2-6(7)4-9-3-5/h5-7,9-10H,1-4H2,(H,11,12)/t5-,6?,7?/m0/s1. The molecule has 2 bridgehead atoms. The minimum absolute atomic E-state index is 0.212. The van der Waals surface area contributed by atoms with Gasteiger partial charge in [0.2, 0.25) is 0 Å². The van der Waals surface area contributed by atoms with Crippen molar-refractivity contribution in [1.82, 2.24) is 10.6 Å². The smallest absolute Gasteiger partial charge is 0.404 e. The van der Waals surface area contributed by atoms with E-state index in [1.807, 2.05) is 0 Å². The van der Waals surface area contributed by atoms with E-state index in [0.717, 1.165) is 13.1 Å². The first-order valence-corrected chi connectivity index (χ1v) is 4.47. The maximum absolute atomic E-state index is 10.5. The molecule has 1 heterocycles. The van der Waals surface area contributed by atoms with Crippen LogP contribution in [0.15, 0.2) is 0 Å². The average molecular weight is 170 g/mol. The largest absolute Gasteiger partial charge is 0.465 e. The number of carboxylic acid groups (broad SMARTS) is 1. The van der Waals surface area contributed by atoms with Crippen molar-refractivity contribution in [1.29, 1.82) is 0 Å². The number of amides is 1. The van der Waals surface area contributed by atoms with Crippen LogP contribution < -0.4 is 10.6 Å². The molecule has 4 heteroatoms. The fraction of sp³-hybridized carbons (Fsp3) is 0.875. The Morgan fingerprint density at radius 1 is 1.33 bits per heavy atom. The van der Waals surface area contributed by atoms with Crippen molar-refractivity contribution in [3.8, 4) is 0 Å². The lowest BCUT2D eigenvalue weighted by atomic mass is 9.94. The molecule has 1 saturated carbocycles. The van der Waals surface area contributed by atoms with Gasteiger partial charge in [-0.2, -0.15) is 0 Å². The highest BCUT2D eigenvalue weighted by atomic mass is 16.4. The quantitative estimate of drug-likeness (QED) is 0.528. The molecule has 4 nitrogen and oxygen atoms in total. The molecule has 2 unspecified atom stereocenters. The molecule has 68 valence electrons. The van der Waals surface area contributed by atoms with Crippen LogP contribution in [0.1, 0.15) is 12.8 Å². The highest BCUT2D eigenvalue weighted by molar-refractivity contribution is 5.65. The van der Waals surface area contributed by atoms with E-state index in [0.29, 0.717) is 11.8 Å². The predicted octanol–water partition coefficient (Wildman–Crippen LogP) is 0.252. The fourth-order valence-electron chi connectivity index (χ4n) is 2.46. The van der Waals surface area contributed by atoms with E-state index in [-0.39, 0.29) is 6.04 Å². The normalized spacial score (nSPS) is 39.5. The van der Waals surface area contributed by atoms with Crippen LogP contribution in [0.3, 0.4) is 0 Å². The number of hydrogen-bond donors (Lipinski definition) is 3. The monoisotopic (exact) mass is 170 g/mol. The van der Waals surface area contributed by atoms with Gasteiger partial charge in [-0.15, -0.1) is 0 Å². The summed E-state index contributed by atoms with van der Waals surface area (Å²) < 4.78 is 0. The zero-order chi connectivity index (χ0) is 8.55. The van der Waals surface area contributed by atoms with E-state index in [1.165, 1.54) is 12.8 Å².